The molecule has 1 aromatic rings. The van der Waals surface area contributed by atoms with Crippen LogP contribution in [0.2, 0.25) is 0 Å². The first-order chi connectivity index (χ1) is 8.19. The van der Waals surface area contributed by atoms with Gasteiger partial charge in [-0.3, -0.25) is 4.90 Å². The third kappa shape index (κ3) is 4.48. The van der Waals surface area contributed by atoms with Crippen molar-refractivity contribution in [3.05, 3.63) is 18.2 Å². The van der Waals surface area contributed by atoms with Crippen LogP contribution in [0.1, 0.15) is 32.5 Å². The van der Waals surface area contributed by atoms with Crippen LogP contribution in [0.15, 0.2) is 12.4 Å². The van der Waals surface area contributed by atoms with Gasteiger partial charge in [-0.25, -0.2) is 4.98 Å². The molecule has 1 atom stereocenters. The molecule has 1 heterocycles. The summed E-state index contributed by atoms with van der Waals surface area (Å²) in [4.78, 5) is 6.75. The molecule has 4 heteroatoms. The molecule has 4 nitrogen and oxygen atoms in total. The maximum Gasteiger partial charge on any atom is 0.122 e. The topological polar surface area (TPSA) is 33.1 Å². The van der Waals surface area contributed by atoms with Crippen LogP contribution in [-0.4, -0.2) is 40.6 Å². The van der Waals surface area contributed by atoms with Crippen LogP contribution in [0.25, 0.3) is 0 Å². The lowest BCUT2D eigenvalue weighted by molar-refractivity contribution is 0.215. The van der Waals surface area contributed by atoms with Gasteiger partial charge in [0.2, 0.25) is 0 Å². The molecule has 0 fully saturated rings. The Morgan fingerprint density at radius 1 is 1.47 bits per heavy atom. The fraction of sp³-hybridized carbons (Fsp3) is 0.769. The van der Waals surface area contributed by atoms with Gasteiger partial charge in [0.1, 0.15) is 5.82 Å². The first-order valence-electron chi connectivity index (χ1n) is 6.56. The fourth-order valence-corrected chi connectivity index (χ4v) is 1.96. The molecule has 0 aliphatic carbocycles. The second-order valence-corrected chi connectivity index (χ2v) is 4.64. The van der Waals surface area contributed by atoms with E-state index in [1.807, 2.05) is 19.4 Å². The number of rotatable bonds is 8. The SMILES string of the molecule is CCCNCC(CC)N(C)Cc1nccn1C. The van der Waals surface area contributed by atoms with Gasteiger partial charge < -0.3 is 9.88 Å². The van der Waals surface area contributed by atoms with Crippen molar-refractivity contribution < 1.29 is 0 Å². The molecule has 1 rings (SSSR count). The molecule has 0 saturated heterocycles. The lowest BCUT2D eigenvalue weighted by atomic mass is 10.2. The monoisotopic (exact) mass is 238 g/mol. The van der Waals surface area contributed by atoms with E-state index in [9.17, 15) is 0 Å². The number of nitrogens with zero attached hydrogens (tertiary/aromatic N) is 3. The van der Waals surface area contributed by atoms with Crippen LogP contribution in [0.5, 0.6) is 0 Å². The van der Waals surface area contributed by atoms with Gasteiger partial charge in [-0.2, -0.15) is 0 Å². The molecule has 98 valence electrons. The summed E-state index contributed by atoms with van der Waals surface area (Å²) in [6.45, 7) is 7.52. The highest BCUT2D eigenvalue weighted by atomic mass is 15.2. The van der Waals surface area contributed by atoms with E-state index in [0.29, 0.717) is 6.04 Å². The van der Waals surface area contributed by atoms with Crippen LogP contribution in [-0.2, 0) is 13.6 Å². The predicted molar refractivity (Wildman–Crippen MR) is 71.9 cm³/mol. The Balaban J connectivity index is 2.43. The van der Waals surface area contributed by atoms with E-state index in [2.05, 4.69) is 40.7 Å². The van der Waals surface area contributed by atoms with Crippen LogP contribution in [0.3, 0.4) is 0 Å². The Morgan fingerprint density at radius 2 is 2.24 bits per heavy atom. The number of aromatic nitrogens is 2. The zero-order valence-corrected chi connectivity index (χ0v) is 11.6. The number of hydrogen-bond acceptors (Lipinski definition) is 3. The lowest BCUT2D eigenvalue weighted by Crippen LogP contribution is -2.39. The molecule has 0 radical (unpaired) electrons. The highest BCUT2D eigenvalue weighted by molar-refractivity contribution is 4.91. The van der Waals surface area contributed by atoms with Crippen molar-refractivity contribution in [2.75, 3.05) is 20.1 Å². The van der Waals surface area contributed by atoms with Crippen molar-refractivity contribution in [2.45, 2.75) is 39.3 Å². The van der Waals surface area contributed by atoms with Crippen molar-refractivity contribution >= 4 is 0 Å². The first-order valence-corrected chi connectivity index (χ1v) is 6.56. The molecule has 0 aliphatic heterocycles. The van der Waals surface area contributed by atoms with Crippen molar-refractivity contribution in [3.8, 4) is 0 Å². The maximum atomic E-state index is 4.37. The molecule has 0 saturated carbocycles. The average molecular weight is 238 g/mol. The largest absolute Gasteiger partial charge is 0.337 e. The Morgan fingerprint density at radius 3 is 2.76 bits per heavy atom. The minimum Gasteiger partial charge on any atom is -0.337 e. The molecule has 17 heavy (non-hydrogen) atoms. The van der Waals surface area contributed by atoms with Gasteiger partial charge in [0.25, 0.3) is 0 Å². The lowest BCUT2D eigenvalue weighted by Gasteiger charge is -2.27. The van der Waals surface area contributed by atoms with Crippen LogP contribution < -0.4 is 5.32 Å². The Bertz CT molecular complexity index is 308. The quantitative estimate of drug-likeness (QED) is 0.699. The second-order valence-electron chi connectivity index (χ2n) is 4.64. The third-order valence-electron chi connectivity index (χ3n) is 3.21. The van der Waals surface area contributed by atoms with Gasteiger partial charge in [0, 0.05) is 32.0 Å². The summed E-state index contributed by atoms with van der Waals surface area (Å²) in [6.07, 6.45) is 6.22. The summed E-state index contributed by atoms with van der Waals surface area (Å²) in [5.74, 6) is 1.13. The van der Waals surface area contributed by atoms with E-state index in [4.69, 9.17) is 0 Å². The number of imidazole rings is 1. The highest BCUT2D eigenvalue weighted by Gasteiger charge is 2.14. The smallest absolute Gasteiger partial charge is 0.122 e. The van der Waals surface area contributed by atoms with Crippen molar-refractivity contribution in [1.82, 2.24) is 19.8 Å². The third-order valence-corrected chi connectivity index (χ3v) is 3.21. The Labute approximate surface area is 105 Å². The number of hydrogen-bond donors (Lipinski definition) is 1. The molecule has 0 amide bonds. The van der Waals surface area contributed by atoms with Gasteiger partial charge in [-0.1, -0.05) is 13.8 Å². The highest BCUT2D eigenvalue weighted by Crippen LogP contribution is 2.06. The number of aryl methyl sites for hydroxylation is 1. The fourth-order valence-electron chi connectivity index (χ4n) is 1.96. The minimum atomic E-state index is 0.582. The summed E-state index contributed by atoms with van der Waals surface area (Å²) in [5.41, 5.74) is 0. The van der Waals surface area contributed by atoms with Crippen molar-refractivity contribution in [1.29, 1.82) is 0 Å². The van der Waals surface area contributed by atoms with E-state index in [-0.39, 0.29) is 0 Å². The maximum absolute atomic E-state index is 4.37. The van der Waals surface area contributed by atoms with Gasteiger partial charge in [0.15, 0.2) is 0 Å². The van der Waals surface area contributed by atoms with Gasteiger partial charge >= 0.3 is 0 Å². The Hall–Kier alpha value is -0.870. The number of likely N-dealkylation sites (N-methyl/N-ethyl adjacent to an activating group) is 1. The molecule has 1 N–H and O–H groups in total. The summed E-state index contributed by atoms with van der Waals surface area (Å²) in [6, 6.07) is 0.582. The minimum absolute atomic E-state index is 0.582. The molecule has 0 spiro atoms. The van der Waals surface area contributed by atoms with Crippen molar-refractivity contribution in [2.24, 2.45) is 7.05 Å². The standard InChI is InChI=1S/C13H26N4/c1-5-7-14-10-12(6-2)17(4)11-13-15-8-9-16(13)3/h8-9,12,14H,5-7,10-11H2,1-4H3. The molecule has 0 aliphatic rings. The van der Waals surface area contributed by atoms with Gasteiger partial charge in [-0.05, 0) is 26.4 Å². The van der Waals surface area contributed by atoms with Crippen LogP contribution in [0.4, 0.5) is 0 Å². The molecule has 0 bridgehead atoms. The Kier molecular flexibility index (Phi) is 6.22. The summed E-state index contributed by atoms with van der Waals surface area (Å²) in [7, 11) is 4.23. The van der Waals surface area contributed by atoms with Crippen LogP contribution in [0, 0.1) is 0 Å². The first kappa shape index (κ1) is 14.2. The molecular weight excluding hydrogens is 212 g/mol. The molecule has 1 unspecified atom stereocenters. The van der Waals surface area contributed by atoms with E-state index in [0.717, 1.165) is 31.9 Å². The predicted octanol–water partition coefficient (Wildman–Crippen LogP) is 1.63. The normalized spacial score (nSPS) is 13.2. The van der Waals surface area contributed by atoms with Crippen LogP contribution >= 0.6 is 0 Å². The van der Waals surface area contributed by atoms with E-state index in [1.54, 1.807) is 0 Å². The summed E-state index contributed by atoms with van der Waals surface area (Å²) < 4.78 is 2.09. The van der Waals surface area contributed by atoms with Gasteiger partial charge in [0.05, 0.1) is 6.54 Å². The second kappa shape index (κ2) is 7.45. The summed E-state index contributed by atoms with van der Waals surface area (Å²) in [5, 5.41) is 3.49. The molecule has 0 aromatic carbocycles. The number of nitrogens with one attached hydrogen (secondary N) is 1. The average Bonchev–Trinajstić information content (AvgIpc) is 2.70. The van der Waals surface area contributed by atoms with Gasteiger partial charge in [-0.15, -0.1) is 0 Å². The molecular formula is C13H26N4. The summed E-state index contributed by atoms with van der Waals surface area (Å²) >= 11 is 0. The zero-order valence-electron chi connectivity index (χ0n) is 11.6. The van der Waals surface area contributed by atoms with E-state index in [1.165, 1.54) is 6.42 Å². The van der Waals surface area contributed by atoms with E-state index >= 15 is 0 Å². The van der Waals surface area contributed by atoms with Crippen molar-refractivity contribution in [3.63, 3.8) is 0 Å². The zero-order chi connectivity index (χ0) is 12.7. The molecule has 1 aromatic heterocycles. The van der Waals surface area contributed by atoms with E-state index < -0.39 is 0 Å².